The van der Waals surface area contributed by atoms with Crippen molar-refractivity contribution in [2.75, 3.05) is 0 Å². The Kier molecular flexibility index (Phi) is 25.6. The molecule has 32 heavy (non-hydrogen) atoms. The molecule has 0 aliphatic carbocycles. The van der Waals surface area contributed by atoms with Gasteiger partial charge in [0.15, 0.2) is 0 Å². The van der Waals surface area contributed by atoms with Crippen molar-refractivity contribution in [1.29, 1.82) is 0 Å². The van der Waals surface area contributed by atoms with Crippen molar-refractivity contribution in [3.05, 3.63) is 0 Å². The minimum Gasteiger partial charge on any atom is -0.0654 e. The number of unbranched alkanes of at least 4 members (excludes halogenated alkanes) is 20. The van der Waals surface area contributed by atoms with Crippen LogP contribution in [0.4, 0.5) is 0 Å². The Hall–Kier alpha value is 0. The molecule has 0 spiro atoms. The van der Waals surface area contributed by atoms with Gasteiger partial charge in [-0.2, -0.15) is 0 Å². The predicted molar refractivity (Wildman–Crippen MR) is 150 cm³/mol. The van der Waals surface area contributed by atoms with Gasteiger partial charge >= 0.3 is 0 Å². The molecule has 194 valence electrons. The molecule has 0 aromatic carbocycles. The van der Waals surface area contributed by atoms with Gasteiger partial charge in [0, 0.05) is 0 Å². The van der Waals surface area contributed by atoms with Gasteiger partial charge in [-0.1, -0.05) is 182 Å². The Bertz CT molecular complexity index is 331. The Balaban J connectivity index is 3.20. The van der Waals surface area contributed by atoms with Crippen LogP contribution in [0.1, 0.15) is 189 Å². The fourth-order valence-electron chi connectivity index (χ4n) is 5.15. The van der Waals surface area contributed by atoms with Crippen LogP contribution >= 0.6 is 0 Å². The van der Waals surface area contributed by atoms with Gasteiger partial charge in [0.25, 0.3) is 0 Å². The number of hydrogen-bond acceptors (Lipinski definition) is 0. The first-order valence-electron chi connectivity index (χ1n) is 15.6. The lowest BCUT2D eigenvalue weighted by atomic mass is 9.84. The zero-order chi connectivity index (χ0) is 23.7. The van der Waals surface area contributed by atoms with Crippen LogP contribution in [-0.2, 0) is 0 Å². The second-order valence-corrected chi connectivity index (χ2v) is 11.6. The van der Waals surface area contributed by atoms with Crippen LogP contribution in [-0.4, -0.2) is 0 Å². The summed E-state index contributed by atoms with van der Waals surface area (Å²) in [5.74, 6) is 2.73. The topological polar surface area (TPSA) is 0 Å². The van der Waals surface area contributed by atoms with Gasteiger partial charge in [-0.15, -0.1) is 0 Å². The molecule has 0 N–H and O–H groups in total. The summed E-state index contributed by atoms with van der Waals surface area (Å²) in [6, 6.07) is 0. The molecule has 0 aromatic rings. The Labute approximate surface area is 206 Å². The van der Waals surface area contributed by atoms with Crippen LogP contribution in [0.15, 0.2) is 0 Å². The van der Waals surface area contributed by atoms with Crippen LogP contribution in [0.5, 0.6) is 0 Å². The van der Waals surface area contributed by atoms with Gasteiger partial charge in [-0.05, 0) is 24.2 Å². The van der Waals surface area contributed by atoms with Crippen LogP contribution < -0.4 is 0 Å². The van der Waals surface area contributed by atoms with E-state index in [-0.39, 0.29) is 0 Å². The largest absolute Gasteiger partial charge is 0.0654 e. The summed E-state index contributed by atoms with van der Waals surface area (Å²) < 4.78 is 0. The van der Waals surface area contributed by atoms with Crippen LogP contribution in [0.2, 0.25) is 0 Å². The number of hydrogen-bond donors (Lipinski definition) is 0. The standard InChI is InChI=1S/C32H66/c1-6-8-9-10-11-12-13-14-15-16-17-18-19-20-21-22-23-24-25-26-27-28-32(7-2)29-31(5)30(3)4/h30-32H,6-29H2,1-5H3. The van der Waals surface area contributed by atoms with Gasteiger partial charge < -0.3 is 0 Å². The minimum absolute atomic E-state index is 0.851. The predicted octanol–water partition coefficient (Wildman–Crippen LogP) is 12.3. The van der Waals surface area contributed by atoms with E-state index in [1.165, 1.54) is 154 Å². The zero-order valence-corrected chi connectivity index (χ0v) is 23.7. The highest BCUT2D eigenvalue weighted by atomic mass is 14.2. The Morgan fingerprint density at radius 2 is 0.719 bits per heavy atom. The fourth-order valence-corrected chi connectivity index (χ4v) is 5.15. The third-order valence-corrected chi connectivity index (χ3v) is 8.14. The van der Waals surface area contributed by atoms with Gasteiger partial charge in [-0.25, -0.2) is 0 Å². The van der Waals surface area contributed by atoms with E-state index in [1.54, 1.807) is 0 Å². The van der Waals surface area contributed by atoms with Crippen LogP contribution in [0, 0.1) is 17.8 Å². The molecular weight excluding hydrogens is 384 g/mol. The SMILES string of the molecule is CCCCCCCCCCCCCCCCCCCCCCCC(CC)CC(C)C(C)C. The van der Waals surface area contributed by atoms with Gasteiger partial charge in [0.05, 0.1) is 0 Å². The average molecular weight is 451 g/mol. The first-order valence-corrected chi connectivity index (χ1v) is 15.6. The van der Waals surface area contributed by atoms with E-state index in [2.05, 4.69) is 34.6 Å². The van der Waals surface area contributed by atoms with Crippen molar-refractivity contribution < 1.29 is 0 Å². The second kappa shape index (κ2) is 25.6. The van der Waals surface area contributed by atoms with Crippen LogP contribution in [0.25, 0.3) is 0 Å². The summed E-state index contributed by atoms with van der Waals surface area (Å²) in [5, 5.41) is 0. The molecule has 0 heteroatoms. The lowest BCUT2D eigenvalue weighted by Gasteiger charge is -2.22. The van der Waals surface area contributed by atoms with Gasteiger partial charge in [0.1, 0.15) is 0 Å². The van der Waals surface area contributed by atoms with Crippen LogP contribution in [0.3, 0.4) is 0 Å². The molecule has 0 aromatic heterocycles. The quantitative estimate of drug-likeness (QED) is 0.115. The van der Waals surface area contributed by atoms with E-state index in [1.807, 2.05) is 0 Å². The molecule has 0 nitrogen and oxygen atoms in total. The van der Waals surface area contributed by atoms with Crippen molar-refractivity contribution >= 4 is 0 Å². The molecule has 0 fully saturated rings. The van der Waals surface area contributed by atoms with E-state index in [4.69, 9.17) is 0 Å². The molecule has 0 aliphatic rings. The fraction of sp³-hybridized carbons (Fsp3) is 1.00. The minimum atomic E-state index is 0.851. The Morgan fingerprint density at radius 3 is 1.00 bits per heavy atom. The molecule has 0 saturated heterocycles. The molecule has 0 heterocycles. The molecule has 2 atom stereocenters. The summed E-state index contributed by atoms with van der Waals surface area (Å²) in [6.45, 7) is 11.9. The smallest absolute Gasteiger partial charge is 0.0414 e. The highest BCUT2D eigenvalue weighted by Crippen LogP contribution is 2.26. The molecule has 0 radical (unpaired) electrons. The third kappa shape index (κ3) is 23.2. The maximum absolute atomic E-state index is 2.45. The van der Waals surface area contributed by atoms with Crippen molar-refractivity contribution in [2.45, 2.75) is 189 Å². The molecule has 0 bridgehead atoms. The maximum atomic E-state index is 2.45. The van der Waals surface area contributed by atoms with Crippen molar-refractivity contribution in [3.63, 3.8) is 0 Å². The number of rotatable bonds is 26. The maximum Gasteiger partial charge on any atom is -0.0414 e. The Morgan fingerprint density at radius 1 is 0.406 bits per heavy atom. The molecule has 0 aliphatic heterocycles. The van der Waals surface area contributed by atoms with E-state index in [0.717, 1.165) is 17.8 Å². The molecule has 0 rings (SSSR count). The molecule has 0 saturated carbocycles. The molecule has 2 unspecified atom stereocenters. The third-order valence-electron chi connectivity index (χ3n) is 8.14. The van der Waals surface area contributed by atoms with Crippen molar-refractivity contribution in [2.24, 2.45) is 17.8 Å². The summed E-state index contributed by atoms with van der Waals surface area (Å²) in [7, 11) is 0. The summed E-state index contributed by atoms with van der Waals surface area (Å²) in [4.78, 5) is 0. The monoisotopic (exact) mass is 451 g/mol. The van der Waals surface area contributed by atoms with E-state index in [9.17, 15) is 0 Å². The first-order chi connectivity index (χ1) is 15.6. The van der Waals surface area contributed by atoms with E-state index >= 15 is 0 Å². The highest BCUT2D eigenvalue weighted by molar-refractivity contribution is 4.65. The lowest BCUT2D eigenvalue weighted by Crippen LogP contribution is -2.11. The van der Waals surface area contributed by atoms with E-state index in [0.29, 0.717) is 0 Å². The summed E-state index contributed by atoms with van der Waals surface area (Å²) in [6.07, 6.45) is 35.3. The van der Waals surface area contributed by atoms with Gasteiger partial charge in [-0.3, -0.25) is 0 Å². The second-order valence-electron chi connectivity index (χ2n) is 11.6. The summed E-state index contributed by atoms with van der Waals surface area (Å²) in [5.41, 5.74) is 0. The highest BCUT2D eigenvalue weighted by Gasteiger charge is 2.13. The van der Waals surface area contributed by atoms with Crippen molar-refractivity contribution in [3.8, 4) is 0 Å². The normalized spacial score (nSPS) is 13.7. The van der Waals surface area contributed by atoms with Gasteiger partial charge in [0.2, 0.25) is 0 Å². The van der Waals surface area contributed by atoms with E-state index < -0.39 is 0 Å². The zero-order valence-electron chi connectivity index (χ0n) is 23.7. The average Bonchev–Trinajstić information content (AvgIpc) is 2.79. The molecule has 0 amide bonds. The van der Waals surface area contributed by atoms with Crippen molar-refractivity contribution in [1.82, 2.24) is 0 Å². The first kappa shape index (κ1) is 32.0. The molecular formula is C32H66. The summed E-state index contributed by atoms with van der Waals surface area (Å²) >= 11 is 0. The lowest BCUT2D eigenvalue weighted by molar-refractivity contribution is 0.295.